The Bertz CT molecular complexity index is 468. The average molecular weight is 329 g/mol. The highest BCUT2D eigenvalue weighted by Gasteiger charge is 2.21. The number of hydrogen-bond acceptors (Lipinski definition) is 2. The molecule has 102 valence electrons. The Morgan fingerprint density at radius 1 is 1.32 bits per heavy atom. The summed E-state index contributed by atoms with van der Waals surface area (Å²) < 4.78 is 27.8. The average Bonchev–Trinajstić information content (AvgIpc) is 2.36. The topological polar surface area (TPSA) is 15.3 Å². The zero-order valence-electron chi connectivity index (χ0n) is 10.4. The van der Waals surface area contributed by atoms with E-state index in [0.717, 1.165) is 25.9 Å². The van der Waals surface area contributed by atoms with Crippen LogP contribution in [-0.4, -0.2) is 30.6 Å². The second-order valence-corrected chi connectivity index (χ2v) is 5.56. The van der Waals surface area contributed by atoms with E-state index < -0.39 is 11.6 Å². The Morgan fingerprint density at radius 2 is 1.89 bits per heavy atom. The van der Waals surface area contributed by atoms with Crippen LogP contribution in [0.1, 0.15) is 12.8 Å². The predicted octanol–water partition coefficient (Wildman–Crippen LogP) is 3.24. The van der Waals surface area contributed by atoms with Crippen LogP contribution < -0.4 is 5.32 Å². The SMILES string of the molecule is C#CCN1CCC(Nc2c(F)cc(Br)cc2F)CC1. The lowest BCUT2D eigenvalue weighted by atomic mass is 10.0. The number of benzene rings is 1. The molecule has 1 N–H and O–H groups in total. The van der Waals surface area contributed by atoms with Gasteiger partial charge in [0.25, 0.3) is 0 Å². The molecule has 0 bridgehead atoms. The molecular formula is C14H15BrF2N2. The van der Waals surface area contributed by atoms with Crippen molar-refractivity contribution in [2.24, 2.45) is 0 Å². The van der Waals surface area contributed by atoms with Crippen LogP contribution >= 0.6 is 15.9 Å². The second kappa shape index (κ2) is 6.36. The van der Waals surface area contributed by atoms with Crippen LogP contribution in [0.3, 0.4) is 0 Å². The van der Waals surface area contributed by atoms with Crippen molar-refractivity contribution in [3.8, 4) is 12.3 Å². The molecule has 1 aliphatic heterocycles. The maximum absolute atomic E-state index is 13.7. The predicted molar refractivity (Wildman–Crippen MR) is 76.0 cm³/mol. The highest BCUT2D eigenvalue weighted by molar-refractivity contribution is 9.10. The minimum Gasteiger partial charge on any atom is -0.377 e. The van der Waals surface area contributed by atoms with E-state index >= 15 is 0 Å². The van der Waals surface area contributed by atoms with E-state index in [4.69, 9.17) is 6.42 Å². The van der Waals surface area contributed by atoms with Crippen LogP contribution in [-0.2, 0) is 0 Å². The summed E-state index contributed by atoms with van der Waals surface area (Å²) >= 11 is 3.06. The van der Waals surface area contributed by atoms with Crippen molar-refractivity contribution in [1.82, 2.24) is 4.90 Å². The molecule has 2 nitrogen and oxygen atoms in total. The summed E-state index contributed by atoms with van der Waals surface area (Å²) in [6.45, 7) is 2.33. The highest BCUT2D eigenvalue weighted by Crippen LogP contribution is 2.26. The van der Waals surface area contributed by atoms with E-state index in [0.29, 0.717) is 11.0 Å². The van der Waals surface area contributed by atoms with Crippen molar-refractivity contribution in [1.29, 1.82) is 0 Å². The summed E-state index contributed by atoms with van der Waals surface area (Å²) in [5.41, 5.74) is -0.0430. The van der Waals surface area contributed by atoms with Crippen LogP contribution in [0.2, 0.25) is 0 Å². The molecule has 2 rings (SSSR count). The first-order valence-corrected chi connectivity index (χ1v) is 6.96. The van der Waals surface area contributed by atoms with Gasteiger partial charge in [-0.05, 0) is 25.0 Å². The first-order chi connectivity index (χ1) is 9.10. The molecule has 0 aromatic heterocycles. The molecule has 1 aromatic carbocycles. The van der Waals surface area contributed by atoms with Crippen LogP contribution in [0.5, 0.6) is 0 Å². The summed E-state index contributed by atoms with van der Waals surface area (Å²) in [7, 11) is 0. The molecule has 1 fully saturated rings. The van der Waals surface area contributed by atoms with Crippen LogP contribution in [0.4, 0.5) is 14.5 Å². The third-order valence-electron chi connectivity index (χ3n) is 3.26. The highest BCUT2D eigenvalue weighted by atomic mass is 79.9. The molecule has 1 aromatic rings. The Morgan fingerprint density at radius 3 is 2.42 bits per heavy atom. The number of piperidine rings is 1. The molecule has 5 heteroatoms. The number of terminal acetylenes is 1. The van der Waals surface area contributed by atoms with Gasteiger partial charge >= 0.3 is 0 Å². The lowest BCUT2D eigenvalue weighted by molar-refractivity contribution is 0.243. The standard InChI is InChI=1S/C14H15BrF2N2/c1-2-5-19-6-3-11(4-7-19)18-14-12(16)8-10(15)9-13(14)17/h1,8-9,11,18H,3-7H2. The smallest absolute Gasteiger partial charge is 0.150 e. The summed E-state index contributed by atoms with van der Waals surface area (Å²) in [5.74, 6) is 1.46. The van der Waals surface area contributed by atoms with Crippen LogP contribution in [0, 0.1) is 24.0 Å². The van der Waals surface area contributed by atoms with Crippen molar-refractivity contribution in [3.63, 3.8) is 0 Å². The minimum atomic E-state index is -0.571. The molecule has 1 saturated heterocycles. The maximum atomic E-state index is 13.7. The van der Waals surface area contributed by atoms with Crippen LogP contribution in [0.25, 0.3) is 0 Å². The van der Waals surface area contributed by atoms with E-state index in [1.165, 1.54) is 12.1 Å². The van der Waals surface area contributed by atoms with Crippen LogP contribution in [0.15, 0.2) is 16.6 Å². The lowest BCUT2D eigenvalue weighted by Crippen LogP contribution is -2.39. The molecule has 0 unspecified atom stereocenters. The Hall–Kier alpha value is -1.12. The maximum Gasteiger partial charge on any atom is 0.150 e. The Kier molecular flexibility index (Phi) is 4.78. The van der Waals surface area contributed by atoms with Gasteiger partial charge in [0.1, 0.15) is 17.3 Å². The van der Waals surface area contributed by atoms with E-state index in [9.17, 15) is 8.78 Å². The van der Waals surface area contributed by atoms with Crippen molar-refractivity contribution >= 4 is 21.6 Å². The van der Waals surface area contributed by atoms with Crippen molar-refractivity contribution < 1.29 is 8.78 Å². The van der Waals surface area contributed by atoms with E-state index in [1.54, 1.807) is 0 Å². The van der Waals surface area contributed by atoms with Gasteiger partial charge in [0.15, 0.2) is 0 Å². The number of likely N-dealkylation sites (tertiary alicyclic amines) is 1. The van der Waals surface area contributed by atoms with Gasteiger partial charge < -0.3 is 5.32 Å². The quantitative estimate of drug-likeness (QED) is 0.857. The largest absolute Gasteiger partial charge is 0.377 e. The Labute approximate surface area is 120 Å². The Balaban J connectivity index is 1.98. The molecule has 0 amide bonds. The number of nitrogens with zero attached hydrogens (tertiary/aromatic N) is 1. The summed E-state index contributed by atoms with van der Waals surface area (Å²) in [6.07, 6.45) is 6.92. The van der Waals surface area contributed by atoms with Crippen molar-refractivity contribution in [3.05, 3.63) is 28.2 Å². The fourth-order valence-corrected chi connectivity index (χ4v) is 2.65. The molecule has 1 heterocycles. The van der Waals surface area contributed by atoms with E-state index in [1.807, 2.05) is 0 Å². The van der Waals surface area contributed by atoms with Crippen molar-refractivity contribution in [2.75, 3.05) is 25.0 Å². The number of anilines is 1. The minimum absolute atomic E-state index is 0.0430. The van der Waals surface area contributed by atoms with Gasteiger partial charge in [0, 0.05) is 23.6 Å². The van der Waals surface area contributed by atoms with Gasteiger partial charge in [0.05, 0.1) is 6.54 Å². The number of hydrogen-bond donors (Lipinski definition) is 1. The zero-order valence-corrected chi connectivity index (χ0v) is 12.0. The molecule has 0 saturated carbocycles. The molecule has 0 spiro atoms. The van der Waals surface area contributed by atoms with Gasteiger partial charge in [-0.3, -0.25) is 4.90 Å². The van der Waals surface area contributed by atoms with Gasteiger partial charge in [-0.1, -0.05) is 21.9 Å². The third kappa shape index (κ3) is 3.68. The van der Waals surface area contributed by atoms with Gasteiger partial charge in [-0.15, -0.1) is 6.42 Å². The number of rotatable bonds is 3. The first kappa shape index (κ1) is 14.3. The lowest BCUT2D eigenvalue weighted by Gasteiger charge is -2.31. The second-order valence-electron chi connectivity index (χ2n) is 4.64. The normalized spacial score (nSPS) is 17.2. The fourth-order valence-electron chi connectivity index (χ4n) is 2.25. The monoisotopic (exact) mass is 328 g/mol. The molecule has 0 aliphatic carbocycles. The molecule has 1 aliphatic rings. The van der Waals surface area contributed by atoms with Gasteiger partial charge in [-0.2, -0.15) is 0 Å². The molecule has 19 heavy (non-hydrogen) atoms. The van der Waals surface area contributed by atoms with Crippen molar-refractivity contribution in [2.45, 2.75) is 18.9 Å². The van der Waals surface area contributed by atoms with E-state index in [2.05, 4.69) is 32.1 Å². The summed E-state index contributed by atoms with van der Waals surface area (Å²) in [6, 6.07) is 2.61. The summed E-state index contributed by atoms with van der Waals surface area (Å²) in [4.78, 5) is 2.16. The zero-order chi connectivity index (χ0) is 13.8. The number of nitrogens with one attached hydrogen (secondary N) is 1. The third-order valence-corrected chi connectivity index (χ3v) is 3.72. The fraction of sp³-hybridized carbons (Fsp3) is 0.429. The molecular weight excluding hydrogens is 314 g/mol. The molecule has 0 radical (unpaired) electrons. The first-order valence-electron chi connectivity index (χ1n) is 6.17. The van der Waals surface area contributed by atoms with Gasteiger partial charge in [-0.25, -0.2) is 8.78 Å². The van der Waals surface area contributed by atoms with Gasteiger partial charge in [0.2, 0.25) is 0 Å². The number of halogens is 3. The summed E-state index contributed by atoms with van der Waals surface area (Å²) in [5, 5.41) is 2.96. The van der Waals surface area contributed by atoms with E-state index in [-0.39, 0.29) is 11.7 Å². The molecule has 0 atom stereocenters.